The summed E-state index contributed by atoms with van der Waals surface area (Å²) in [5, 5.41) is 20.9. The smallest absolute Gasteiger partial charge is 0.339 e. The molecule has 3 rings (SSSR count). The van der Waals surface area contributed by atoms with E-state index in [0.717, 1.165) is 12.2 Å². The minimum absolute atomic E-state index is 0.272. The van der Waals surface area contributed by atoms with Crippen molar-refractivity contribution in [3.63, 3.8) is 0 Å². The Morgan fingerprint density at radius 3 is 2.71 bits per heavy atom. The van der Waals surface area contributed by atoms with Gasteiger partial charge in [0, 0.05) is 17.7 Å². The molecule has 1 aromatic carbocycles. The van der Waals surface area contributed by atoms with Crippen molar-refractivity contribution in [3.05, 3.63) is 53.5 Å². The van der Waals surface area contributed by atoms with Gasteiger partial charge in [-0.1, -0.05) is 6.92 Å². The summed E-state index contributed by atoms with van der Waals surface area (Å²) in [4.78, 5) is 22.9. The molecule has 0 spiro atoms. The summed E-state index contributed by atoms with van der Waals surface area (Å²) in [6, 6.07) is 7.58. The largest absolute Gasteiger partial charge is 0.507 e. The highest BCUT2D eigenvalue weighted by molar-refractivity contribution is 6.02. The van der Waals surface area contributed by atoms with E-state index in [4.69, 9.17) is 9.52 Å². The van der Waals surface area contributed by atoms with Crippen molar-refractivity contribution in [2.75, 3.05) is 5.32 Å². The summed E-state index contributed by atoms with van der Waals surface area (Å²) >= 11 is 0. The maximum Gasteiger partial charge on any atom is 0.339 e. The van der Waals surface area contributed by atoms with E-state index in [1.54, 1.807) is 6.08 Å². The monoisotopic (exact) mass is 327 g/mol. The zero-order chi connectivity index (χ0) is 17.3. The molecule has 1 heterocycles. The fraction of sp³-hybridized carbons (Fsp3) is 0.222. The first-order valence-corrected chi connectivity index (χ1v) is 7.59. The van der Waals surface area contributed by atoms with Crippen LogP contribution in [0.1, 0.15) is 41.1 Å². The molecule has 1 aromatic heterocycles. The Hall–Kier alpha value is -3.02. The van der Waals surface area contributed by atoms with Crippen molar-refractivity contribution in [3.8, 4) is 5.75 Å². The third kappa shape index (κ3) is 3.48. The van der Waals surface area contributed by atoms with E-state index >= 15 is 0 Å². The van der Waals surface area contributed by atoms with Crippen molar-refractivity contribution in [1.29, 1.82) is 0 Å². The Bertz CT molecular complexity index is 821. The molecule has 0 bridgehead atoms. The standard InChI is InChI=1S/C18H17NO5/c1-10-8-13(10)16-6-3-12(24-16)4-7-17(21)19-11-2-5-15(20)14(9-11)18(22)23/h2-7,9-10,13,20H,8H2,1H3,(H,19,21)(H,22,23). The van der Waals surface area contributed by atoms with Crippen molar-refractivity contribution >= 4 is 23.6 Å². The summed E-state index contributed by atoms with van der Waals surface area (Å²) in [5.41, 5.74) is 0.0119. The van der Waals surface area contributed by atoms with Crippen LogP contribution in [-0.2, 0) is 4.79 Å². The molecule has 0 radical (unpaired) electrons. The molecular formula is C18H17NO5. The summed E-state index contributed by atoms with van der Waals surface area (Å²) in [6.45, 7) is 2.17. The van der Waals surface area contributed by atoms with Gasteiger partial charge < -0.3 is 19.9 Å². The number of aromatic hydroxyl groups is 1. The van der Waals surface area contributed by atoms with Crippen LogP contribution in [0.2, 0.25) is 0 Å². The quantitative estimate of drug-likeness (QED) is 0.577. The molecule has 0 saturated heterocycles. The zero-order valence-electron chi connectivity index (χ0n) is 13.0. The molecule has 124 valence electrons. The topological polar surface area (TPSA) is 99.8 Å². The lowest BCUT2D eigenvalue weighted by Crippen LogP contribution is -2.08. The zero-order valence-corrected chi connectivity index (χ0v) is 13.0. The average molecular weight is 327 g/mol. The van der Waals surface area contributed by atoms with E-state index in [1.807, 2.05) is 12.1 Å². The Kier molecular flexibility index (Phi) is 4.12. The van der Waals surface area contributed by atoms with Crippen LogP contribution >= 0.6 is 0 Å². The van der Waals surface area contributed by atoms with Gasteiger partial charge in [-0.25, -0.2) is 4.79 Å². The van der Waals surface area contributed by atoms with Crippen LogP contribution in [0, 0.1) is 5.92 Å². The Morgan fingerprint density at radius 1 is 1.29 bits per heavy atom. The predicted molar refractivity (Wildman–Crippen MR) is 88.0 cm³/mol. The lowest BCUT2D eigenvalue weighted by Gasteiger charge is -2.05. The molecular weight excluding hydrogens is 310 g/mol. The van der Waals surface area contributed by atoms with Gasteiger partial charge >= 0.3 is 5.97 Å². The lowest BCUT2D eigenvalue weighted by molar-refractivity contribution is -0.111. The number of amides is 1. The van der Waals surface area contributed by atoms with Gasteiger partial charge in [-0.3, -0.25) is 4.79 Å². The van der Waals surface area contributed by atoms with Crippen LogP contribution in [0.5, 0.6) is 5.75 Å². The first-order chi connectivity index (χ1) is 11.4. The highest BCUT2D eigenvalue weighted by atomic mass is 16.4. The number of carbonyl (C=O) groups is 2. The molecule has 0 aliphatic heterocycles. The van der Waals surface area contributed by atoms with E-state index in [1.165, 1.54) is 24.3 Å². The molecule has 3 N–H and O–H groups in total. The number of rotatable bonds is 5. The average Bonchev–Trinajstić information content (AvgIpc) is 3.08. The fourth-order valence-electron chi connectivity index (χ4n) is 2.50. The number of carbonyl (C=O) groups excluding carboxylic acids is 1. The molecule has 1 amide bonds. The first kappa shape index (κ1) is 15.9. The number of carboxylic acid groups (broad SMARTS) is 1. The van der Waals surface area contributed by atoms with Gasteiger partial charge in [0.15, 0.2) is 0 Å². The van der Waals surface area contributed by atoms with Gasteiger partial charge in [-0.05, 0) is 48.7 Å². The molecule has 1 aliphatic rings. The summed E-state index contributed by atoms with van der Waals surface area (Å²) < 4.78 is 5.67. The van der Waals surface area contributed by atoms with Gasteiger partial charge in [-0.15, -0.1) is 0 Å². The molecule has 1 fully saturated rings. The molecule has 1 saturated carbocycles. The van der Waals surface area contributed by atoms with Gasteiger partial charge in [0.05, 0.1) is 0 Å². The maximum atomic E-state index is 11.9. The van der Waals surface area contributed by atoms with E-state index in [2.05, 4.69) is 12.2 Å². The number of carboxylic acids is 1. The first-order valence-electron chi connectivity index (χ1n) is 7.59. The third-order valence-corrected chi connectivity index (χ3v) is 4.02. The van der Waals surface area contributed by atoms with Crippen molar-refractivity contribution in [2.24, 2.45) is 5.92 Å². The van der Waals surface area contributed by atoms with E-state index in [0.29, 0.717) is 17.6 Å². The highest BCUT2D eigenvalue weighted by Crippen LogP contribution is 2.47. The van der Waals surface area contributed by atoms with Crippen LogP contribution < -0.4 is 5.32 Å². The number of phenols is 1. The summed E-state index contributed by atoms with van der Waals surface area (Å²) in [6.07, 6.45) is 4.00. The van der Waals surface area contributed by atoms with Crippen LogP contribution in [0.4, 0.5) is 5.69 Å². The molecule has 1 aliphatic carbocycles. The molecule has 2 aromatic rings. The van der Waals surface area contributed by atoms with Crippen molar-refractivity contribution in [2.45, 2.75) is 19.3 Å². The molecule has 2 atom stereocenters. The number of hydrogen-bond donors (Lipinski definition) is 3. The number of benzene rings is 1. The minimum Gasteiger partial charge on any atom is -0.507 e. The second-order valence-electron chi connectivity index (χ2n) is 5.92. The van der Waals surface area contributed by atoms with Crippen LogP contribution in [0.3, 0.4) is 0 Å². The summed E-state index contributed by atoms with van der Waals surface area (Å²) in [7, 11) is 0. The number of furan rings is 1. The van der Waals surface area contributed by atoms with E-state index < -0.39 is 11.9 Å². The highest BCUT2D eigenvalue weighted by Gasteiger charge is 2.36. The van der Waals surface area contributed by atoms with Gasteiger partial charge in [-0.2, -0.15) is 0 Å². The molecule has 6 heteroatoms. The Balaban J connectivity index is 1.64. The normalized spacial score (nSPS) is 19.4. The Labute approximate surface area is 138 Å². The van der Waals surface area contributed by atoms with Crippen molar-refractivity contribution < 1.29 is 24.2 Å². The minimum atomic E-state index is -1.27. The Morgan fingerprint density at radius 2 is 2.04 bits per heavy atom. The second-order valence-corrected chi connectivity index (χ2v) is 5.92. The van der Waals surface area contributed by atoms with E-state index in [-0.39, 0.29) is 17.0 Å². The van der Waals surface area contributed by atoms with Crippen LogP contribution in [0.15, 0.2) is 40.8 Å². The maximum absolute atomic E-state index is 11.9. The van der Waals surface area contributed by atoms with Crippen LogP contribution in [0.25, 0.3) is 6.08 Å². The molecule has 2 unspecified atom stereocenters. The van der Waals surface area contributed by atoms with Gasteiger partial charge in [0.1, 0.15) is 22.8 Å². The molecule has 6 nitrogen and oxygen atoms in total. The summed E-state index contributed by atoms with van der Waals surface area (Å²) in [5.74, 6) is 0.616. The predicted octanol–water partition coefficient (Wildman–Crippen LogP) is 3.46. The number of nitrogens with one attached hydrogen (secondary N) is 1. The van der Waals surface area contributed by atoms with Gasteiger partial charge in [0.25, 0.3) is 0 Å². The van der Waals surface area contributed by atoms with Gasteiger partial charge in [0.2, 0.25) is 5.91 Å². The van der Waals surface area contributed by atoms with E-state index in [9.17, 15) is 14.7 Å². The number of hydrogen-bond acceptors (Lipinski definition) is 4. The fourth-order valence-corrected chi connectivity index (χ4v) is 2.50. The SMILES string of the molecule is CC1CC1c1ccc(C=CC(=O)Nc2ccc(O)c(C(=O)O)c2)o1. The number of anilines is 1. The van der Waals surface area contributed by atoms with Crippen LogP contribution in [-0.4, -0.2) is 22.1 Å². The second kappa shape index (κ2) is 6.23. The molecule has 24 heavy (non-hydrogen) atoms. The third-order valence-electron chi connectivity index (χ3n) is 4.02. The lowest BCUT2D eigenvalue weighted by atomic mass is 10.2. The number of aromatic carboxylic acids is 1. The van der Waals surface area contributed by atoms with Crippen molar-refractivity contribution in [1.82, 2.24) is 0 Å².